The van der Waals surface area contributed by atoms with Crippen molar-refractivity contribution in [3.05, 3.63) is 0 Å². The number of rotatable bonds is 1. The third-order valence-corrected chi connectivity index (χ3v) is 3.52. The molecule has 0 aliphatic carbocycles. The fraction of sp³-hybridized carbons (Fsp3) is 0.900. The summed E-state index contributed by atoms with van der Waals surface area (Å²) in [6, 6.07) is 0.236. The Morgan fingerprint density at radius 3 is 2.69 bits per heavy atom. The Hall–Kier alpha value is -0.780. The lowest BCUT2D eigenvalue weighted by Crippen LogP contribution is -2.55. The number of piperidine rings is 1. The van der Waals surface area contributed by atoms with Gasteiger partial charge in [-0.1, -0.05) is 0 Å². The van der Waals surface area contributed by atoms with Crippen LogP contribution in [0.4, 0.5) is 13.2 Å². The number of esters is 1. The van der Waals surface area contributed by atoms with Gasteiger partial charge in [0.2, 0.25) is 0 Å². The van der Waals surface area contributed by atoms with Crippen LogP contribution in [0.5, 0.6) is 0 Å². The van der Waals surface area contributed by atoms with Gasteiger partial charge in [0.05, 0.1) is 0 Å². The predicted octanol–water partition coefficient (Wildman–Crippen LogP) is 1.76. The molecule has 2 aliphatic heterocycles. The van der Waals surface area contributed by atoms with Gasteiger partial charge in [-0.2, -0.15) is 13.2 Å². The van der Waals surface area contributed by atoms with Crippen molar-refractivity contribution in [3.8, 4) is 0 Å². The number of hydrogen-bond donors (Lipinski definition) is 1. The minimum atomic E-state index is -4.90. The maximum Gasteiger partial charge on any atom is 0.490 e. The SMILES string of the molecule is CC1(OC(=O)C(F)(F)F)CC[C@H]2CC[C@@H]1N2. The van der Waals surface area contributed by atoms with Crippen molar-refractivity contribution >= 4 is 5.97 Å². The lowest BCUT2D eigenvalue weighted by Gasteiger charge is -2.39. The van der Waals surface area contributed by atoms with Crippen LogP contribution in [0.3, 0.4) is 0 Å². The van der Waals surface area contributed by atoms with Crippen LogP contribution >= 0.6 is 0 Å². The molecule has 0 spiro atoms. The molecule has 0 amide bonds. The van der Waals surface area contributed by atoms with Gasteiger partial charge in [-0.05, 0) is 32.6 Å². The summed E-state index contributed by atoms with van der Waals surface area (Å²) >= 11 is 0. The molecule has 2 bridgehead atoms. The van der Waals surface area contributed by atoms with Gasteiger partial charge >= 0.3 is 12.1 Å². The molecule has 2 fully saturated rings. The average molecular weight is 237 g/mol. The number of hydrogen-bond acceptors (Lipinski definition) is 3. The lowest BCUT2D eigenvalue weighted by molar-refractivity contribution is -0.216. The summed E-state index contributed by atoms with van der Waals surface area (Å²) < 4.78 is 41.0. The second-order valence-corrected chi connectivity index (χ2v) is 4.73. The van der Waals surface area contributed by atoms with E-state index < -0.39 is 17.7 Å². The normalized spacial score (nSPS) is 38.5. The number of ether oxygens (including phenoxy) is 1. The van der Waals surface area contributed by atoms with E-state index >= 15 is 0 Å². The van der Waals surface area contributed by atoms with Gasteiger partial charge in [-0.3, -0.25) is 0 Å². The average Bonchev–Trinajstić information content (AvgIpc) is 2.56. The molecule has 2 aliphatic rings. The molecule has 1 unspecified atom stereocenters. The zero-order valence-electron chi connectivity index (χ0n) is 8.93. The quantitative estimate of drug-likeness (QED) is 0.706. The molecule has 3 atom stereocenters. The van der Waals surface area contributed by atoms with E-state index in [0.717, 1.165) is 19.3 Å². The van der Waals surface area contributed by atoms with Crippen LogP contribution < -0.4 is 5.32 Å². The fourth-order valence-corrected chi connectivity index (χ4v) is 2.56. The van der Waals surface area contributed by atoms with Crippen LogP contribution in [0.25, 0.3) is 0 Å². The van der Waals surface area contributed by atoms with E-state index in [1.54, 1.807) is 6.92 Å². The maximum atomic E-state index is 12.1. The Labute approximate surface area is 91.3 Å². The van der Waals surface area contributed by atoms with Gasteiger partial charge in [0.1, 0.15) is 5.60 Å². The number of halogens is 3. The summed E-state index contributed by atoms with van der Waals surface area (Å²) in [6.45, 7) is 1.58. The zero-order chi connectivity index (χ0) is 12.0. The van der Waals surface area contributed by atoms with E-state index in [9.17, 15) is 18.0 Å². The van der Waals surface area contributed by atoms with Crippen LogP contribution in [0.15, 0.2) is 0 Å². The van der Waals surface area contributed by atoms with Crippen LogP contribution in [0.1, 0.15) is 32.6 Å². The van der Waals surface area contributed by atoms with E-state index in [1.165, 1.54) is 0 Å². The van der Waals surface area contributed by atoms with Gasteiger partial charge in [0.15, 0.2) is 0 Å². The first kappa shape index (κ1) is 11.7. The highest BCUT2D eigenvalue weighted by Crippen LogP contribution is 2.38. The molecular formula is C10H14F3NO2. The van der Waals surface area contributed by atoms with E-state index in [0.29, 0.717) is 12.5 Å². The number of fused-ring (bicyclic) bond motifs is 2. The van der Waals surface area contributed by atoms with Gasteiger partial charge in [-0.25, -0.2) is 4.79 Å². The number of nitrogens with one attached hydrogen (secondary N) is 1. The number of carbonyl (C=O) groups is 1. The molecule has 0 radical (unpaired) electrons. The molecule has 16 heavy (non-hydrogen) atoms. The van der Waals surface area contributed by atoms with Crippen LogP contribution in [0.2, 0.25) is 0 Å². The molecule has 0 aromatic carbocycles. The highest BCUT2D eigenvalue weighted by Gasteiger charge is 2.51. The van der Waals surface area contributed by atoms with E-state index in [1.807, 2.05) is 0 Å². The molecule has 3 nitrogen and oxygen atoms in total. The second-order valence-electron chi connectivity index (χ2n) is 4.73. The molecule has 6 heteroatoms. The Balaban J connectivity index is 2.05. The van der Waals surface area contributed by atoms with Gasteiger partial charge < -0.3 is 10.1 Å². The third kappa shape index (κ3) is 2.03. The summed E-state index contributed by atoms with van der Waals surface area (Å²) in [5.74, 6) is -2.08. The predicted molar refractivity (Wildman–Crippen MR) is 49.7 cm³/mol. The lowest BCUT2D eigenvalue weighted by atomic mass is 9.88. The van der Waals surface area contributed by atoms with Crippen LogP contribution in [-0.4, -0.2) is 29.8 Å². The Bertz CT molecular complexity index is 305. The third-order valence-electron chi connectivity index (χ3n) is 3.52. The summed E-state index contributed by atoms with van der Waals surface area (Å²) in [6.07, 6.45) is -1.93. The number of carbonyl (C=O) groups excluding carboxylic acids is 1. The largest absolute Gasteiger partial charge is 0.490 e. The maximum absolute atomic E-state index is 12.1. The molecule has 1 N–H and O–H groups in total. The first-order valence-corrected chi connectivity index (χ1v) is 5.37. The Kier molecular flexibility index (Phi) is 2.64. The van der Waals surface area contributed by atoms with E-state index in [2.05, 4.69) is 10.1 Å². The van der Waals surface area contributed by atoms with Gasteiger partial charge in [0.25, 0.3) is 0 Å². The molecule has 0 saturated carbocycles. The van der Waals surface area contributed by atoms with Crippen LogP contribution in [-0.2, 0) is 9.53 Å². The van der Waals surface area contributed by atoms with Gasteiger partial charge in [0, 0.05) is 12.1 Å². The van der Waals surface area contributed by atoms with E-state index in [-0.39, 0.29) is 6.04 Å². The van der Waals surface area contributed by atoms with Crippen molar-refractivity contribution in [1.82, 2.24) is 5.32 Å². The molecule has 0 aromatic heterocycles. The highest BCUT2D eigenvalue weighted by molar-refractivity contribution is 5.76. The van der Waals surface area contributed by atoms with Crippen molar-refractivity contribution in [2.45, 2.75) is 56.5 Å². The topological polar surface area (TPSA) is 38.3 Å². The summed E-state index contributed by atoms with van der Waals surface area (Å²) in [7, 11) is 0. The van der Waals surface area contributed by atoms with Crippen LogP contribution in [0, 0.1) is 0 Å². The van der Waals surface area contributed by atoms with Crippen molar-refractivity contribution in [3.63, 3.8) is 0 Å². The summed E-state index contributed by atoms with van der Waals surface area (Å²) in [4.78, 5) is 10.8. The van der Waals surface area contributed by atoms with Crippen molar-refractivity contribution in [2.75, 3.05) is 0 Å². The van der Waals surface area contributed by atoms with E-state index in [4.69, 9.17) is 0 Å². The smallest absolute Gasteiger partial charge is 0.451 e. The Morgan fingerprint density at radius 2 is 2.06 bits per heavy atom. The minimum Gasteiger partial charge on any atom is -0.451 e. The zero-order valence-corrected chi connectivity index (χ0v) is 8.93. The Morgan fingerprint density at radius 1 is 1.38 bits per heavy atom. The molecule has 92 valence electrons. The minimum absolute atomic E-state index is 0.141. The first-order chi connectivity index (χ1) is 7.31. The molecule has 2 saturated heterocycles. The van der Waals surface area contributed by atoms with Gasteiger partial charge in [-0.15, -0.1) is 0 Å². The monoisotopic (exact) mass is 237 g/mol. The van der Waals surface area contributed by atoms with Crippen molar-refractivity contribution in [1.29, 1.82) is 0 Å². The molecule has 2 heterocycles. The second kappa shape index (κ2) is 3.61. The summed E-state index contributed by atoms with van der Waals surface area (Å²) in [5.41, 5.74) is -1.01. The highest BCUT2D eigenvalue weighted by atomic mass is 19.4. The molecular weight excluding hydrogens is 223 g/mol. The number of alkyl halides is 3. The summed E-state index contributed by atoms with van der Waals surface area (Å²) in [5, 5.41) is 3.19. The molecule has 0 aromatic rings. The first-order valence-electron chi connectivity index (χ1n) is 5.37. The van der Waals surface area contributed by atoms with Crippen molar-refractivity contribution in [2.24, 2.45) is 0 Å². The standard InChI is InChI=1S/C10H14F3NO2/c1-9(16-8(15)10(11,12)13)5-4-6-2-3-7(9)14-6/h6-7,14H,2-5H2,1H3/t6-,7+,9?/m1/s1. The fourth-order valence-electron chi connectivity index (χ4n) is 2.56. The molecule has 2 rings (SSSR count). The van der Waals surface area contributed by atoms with Crippen molar-refractivity contribution < 1.29 is 22.7 Å².